The highest BCUT2D eigenvalue weighted by atomic mass is 35.5. The Bertz CT molecular complexity index is 944. The van der Waals surface area contributed by atoms with E-state index in [1.807, 2.05) is 79.7 Å². The van der Waals surface area contributed by atoms with Crippen LogP contribution < -0.4 is 14.8 Å². The Morgan fingerprint density at radius 2 is 1.60 bits per heavy atom. The summed E-state index contributed by atoms with van der Waals surface area (Å²) in [6, 6.07) is 22.7. The highest BCUT2D eigenvalue weighted by Gasteiger charge is 2.11. The third-order valence-electron chi connectivity index (χ3n) is 4.37. The van der Waals surface area contributed by atoms with Crippen LogP contribution in [-0.2, 0) is 5.75 Å². The Hall–Kier alpha value is -2.63. The zero-order chi connectivity index (χ0) is 21.3. The van der Waals surface area contributed by atoms with Crippen LogP contribution >= 0.6 is 23.4 Å². The van der Waals surface area contributed by atoms with Crippen LogP contribution in [0.25, 0.3) is 0 Å². The van der Waals surface area contributed by atoms with Crippen molar-refractivity contribution in [3.8, 4) is 11.5 Å². The lowest BCUT2D eigenvalue weighted by Crippen LogP contribution is -2.36. The molecule has 4 nitrogen and oxygen atoms in total. The zero-order valence-electron chi connectivity index (χ0n) is 16.9. The Balaban J connectivity index is 1.45. The van der Waals surface area contributed by atoms with E-state index in [0.29, 0.717) is 12.2 Å². The molecule has 0 radical (unpaired) electrons. The number of benzene rings is 3. The first kappa shape index (κ1) is 22.1. The van der Waals surface area contributed by atoms with Gasteiger partial charge < -0.3 is 14.8 Å². The second kappa shape index (κ2) is 11.0. The number of hydrogen-bond donors (Lipinski definition) is 1. The van der Waals surface area contributed by atoms with Crippen LogP contribution in [-0.4, -0.2) is 25.7 Å². The molecule has 30 heavy (non-hydrogen) atoms. The lowest BCUT2D eigenvalue weighted by atomic mass is 10.1. The van der Waals surface area contributed by atoms with Crippen molar-refractivity contribution in [1.29, 1.82) is 0 Å². The summed E-state index contributed by atoms with van der Waals surface area (Å²) in [6.07, 6.45) is 0. The molecule has 0 heterocycles. The summed E-state index contributed by atoms with van der Waals surface area (Å²) in [5, 5.41) is 3.70. The molecule has 3 rings (SSSR count). The summed E-state index contributed by atoms with van der Waals surface area (Å²) < 4.78 is 10.9. The van der Waals surface area contributed by atoms with Crippen molar-refractivity contribution in [2.45, 2.75) is 23.6 Å². The van der Waals surface area contributed by atoms with Crippen molar-refractivity contribution in [2.24, 2.45) is 0 Å². The van der Waals surface area contributed by atoms with Crippen LogP contribution in [0.5, 0.6) is 11.5 Å². The molecule has 0 spiro atoms. The molecule has 0 unspecified atom stereocenters. The van der Waals surface area contributed by atoms with Crippen LogP contribution in [0.3, 0.4) is 0 Å². The molecule has 3 aromatic rings. The van der Waals surface area contributed by atoms with Crippen LogP contribution in [0.15, 0.2) is 77.7 Å². The molecular weight excluding hydrogens is 418 g/mol. The maximum atomic E-state index is 12.5. The second-order valence-electron chi connectivity index (χ2n) is 6.80. The number of carbonyl (C=O) groups excluding carboxylic acids is 1. The van der Waals surface area contributed by atoms with E-state index in [-0.39, 0.29) is 11.9 Å². The molecule has 0 saturated heterocycles. The summed E-state index contributed by atoms with van der Waals surface area (Å²) in [7, 11) is 1.62. The van der Waals surface area contributed by atoms with Gasteiger partial charge in [0.2, 0.25) is 0 Å². The Kier molecular flexibility index (Phi) is 8.05. The summed E-state index contributed by atoms with van der Waals surface area (Å²) in [4.78, 5) is 13.6. The van der Waals surface area contributed by atoms with Gasteiger partial charge in [0.1, 0.15) is 18.1 Å². The fraction of sp³-hybridized carbons (Fsp3) is 0.208. The zero-order valence-corrected chi connectivity index (χ0v) is 18.5. The summed E-state index contributed by atoms with van der Waals surface area (Å²) in [6.45, 7) is 2.30. The molecule has 1 atom stereocenters. The first-order valence-corrected chi connectivity index (χ1v) is 10.9. The minimum atomic E-state index is -0.125. The number of nitrogens with one attached hydrogen (secondary N) is 1. The van der Waals surface area contributed by atoms with Gasteiger partial charge >= 0.3 is 0 Å². The van der Waals surface area contributed by atoms with Gasteiger partial charge in [-0.2, -0.15) is 0 Å². The Morgan fingerprint density at radius 3 is 2.23 bits per heavy atom. The summed E-state index contributed by atoms with van der Waals surface area (Å²) in [5.41, 5.74) is 1.79. The molecule has 0 aromatic heterocycles. The van der Waals surface area contributed by atoms with Gasteiger partial charge in [-0.05, 0) is 73.2 Å². The number of carbonyl (C=O) groups is 1. The average molecular weight is 442 g/mol. The Labute approximate surface area is 186 Å². The SMILES string of the molecule is COc1ccc(OC[C@H](C)NC(=O)c2ccc(CSc3ccc(Cl)cc3)cc2)cc1. The highest BCUT2D eigenvalue weighted by molar-refractivity contribution is 7.98. The fourth-order valence-electron chi connectivity index (χ4n) is 2.69. The third-order valence-corrected chi connectivity index (χ3v) is 5.71. The van der Waals surface area contributed by atoms with E-state index >= 15 is 0 Å². The first-order chi connectivity index (χ1) is 14.5. The normalized spacial score (nSPS) is 11.6. The van der Waals surface area contributed by atoms with E-state index in [2.05, 4.69) is 5.32 Å². The predicted molar refractivity (Wildman–Crippen MR) is 123 cm³/mol. The van der Waals surface area contributed by atoms with Gasteiger partial charge in [-0.3, -0.25) is 4.79 Å². The standard InChI is InChI=1S/C24H24ClNO3S/c1-17(15-29-22-11-9-21(28-2)10-12-22)26-24(27)19-5-3-18(4-6-19)16-30-23-13-7-20(25)8-14-23/h3-14,17H,15-16H2,1-2H3,(H,26,27)/t17-/m0/s1. The van der Waals surface area contributed by atoms with Crippen molar-refractivity contribution < 1.29 is 14.3 Å². The number of rotatable bonds is 9. The molecule has 156 valence electrons. The van der Waals surface area contributed by atoms with E-state index < -0.39 is 0 Å². The van der Waals surface area contributed by atoms with E-state index in [1.54, 1.807) is 18.9 Å². The van der Waals surface area contributed by atoms with Gasteiger partial charge in [-0.15, -0.1) is 11.8 Å². The molecule has 0 saturated carbocycles. The Morgan fingerprint density at radius 1 is 0.967 bits per heavy atom. The quantitative estimate of drug-likeness (QED) is 0.424. The average Bonchev–Trinajstić information content (AvgIpc) is 2.78. The smallest absolute Gasteiger partial charge is 0.251 e. The molecule has 1 N–H and O–H groups in total. The topological polar surface area (TPSA) is 47.6 Å². The molecule has 0 aliphatic heterocycles. The number of methoxy groups -OCH3 is 1. The van der Waals surface area contributed by atoms with Crippen molar-refractivity contribution in [3.63, 3.8) is 0 Å². The van der Waals surface area contributed by atoms with Crippen molar-refractivity contribution in [3.05, 3.63) is 88.9 Å². The molecule has 3 aromatic carbocycles. The molecule has 1 amide bonds. The van der Waals surface area contributed by atoms with Crippen LogP contribution in [0, 0.1) is 0 Å². The monoisotopic (exact) mass is 441 g/mol. The van der Waals surface area contributed by atoms with E-state index in [1.165, 1.54) is 0 Å². The third kappa shape index (κ3) is 6.71. The van der Waals surface area contributed by atoms with Crippen molar-refractivity contribution in [1.82, 2.24) is 5.32 Å². The van der Waals surface area contributed by atoms with Gasteiger partial charge in [0.15, 0.2) is 0 Å². The molecule has 0 fully saturated rings. The lowest BCUT2D eigenvalue weighted by molar-refractivity contribution is 0.0926. The van der Waals surface area contributed by atoms with E-state index in [0.717, 1.165) is 32.7 Å². The number of thioether (sulfide) groups is 1. The number of ether oxygens (including phenoxy) is 2. The largest absolute Gasteiger partial charge is 0.497 e. The van der Waals surface area contributed by atoms with Crippen molar-refractivity contribution >= 4 is 29.3 Å². The molecule has 6 heteroatoms. The molecule has 0 aliphatic rings. The summed E-state index contributed by atoms with van der Waals surface area (Å²) >= 11 is 7.64. The van der Waals surface area contributed by atoms with E-state index in [4.69, 9.17) is 21.1 Å². The van der Waals surface area contributed by atoms with Crippen LogP contribution in [0.2, 0.25) is 5.02 Å². The van der Waals surface area contributed by atoms with Crippen LogP contribution in [0.4, 0.5) is 0 Å². The molecule has 0 aliphatic carbocycles. The second-order valence-corrected chi connectivity index (χ2v) is 8.29. The van der Waals surface area contributed by atoms with Gasteiger partial charge in [0, 0.05) is 21.2 Å². The number of amides is 1. The fourth-order valence-corrected chi connectivity index (χ4v) is 3.67. The van der Waals surface area contributed by atoms with Gasteiger partial charge in [-0.25, -0.2) is 0 Å². The molecular formula is C24H24ClNO3S. The highest BCUT2D eigenvalue weighted by Crippen LogP contribution is 2.24. The number of hydrogen-bond acceptors (Lipinski definition) is 4. The minimum absolute atomic E-state index is 0.113. The summed E-state index contributed by atoms with van der Waals surface area (Å²) in [5.74, 6) is 2.23. The number of halogens is 1. The van der Waals surface area contributed by atoms with Crippen molar-refractivity contribution in [2.75, 3.05) is 13.7 Å². The predicted octanol–water partition coefficient (Wildman–Crippen LogP) is 5.84. The first-order valence-electron chi connectivity index (χ1n) is 9.58. The minimum Gasteiger partial charge on any atom is -0.497 e. The van der Waals surface area contributed by atoms with Gasteiger partial charge in [0.05, 0.1) is 13.2 Å². The van der Waals surface area contributed by atoms with Crippen LogP contribution in [0.1, 0.15) is 22.8 Å². The molecule has 0 bridgehead atoms. The van der Waals surface area contributed by atoms with E-state index in [9.17, 15) is 4.79 Å². The maximum Gasteiger partial charge on any atom is 0.251 e. The maximum absolute atomic E-state index is 12.5. The van der Waals surface area contributed by atoms with Gasteiger partial charge in [0.25, 0.3) is 5.91 Å². The van der Waals surface area contributed by atoms with Gasteiger partial charge in [-0.1, -0.05) is 23.7 Å². The lowest BCUT2D eigenvalue weighted by Gasteiger charge is -2.15.